The van der Waals surface area contributed by atoms with E-state index in [9.17, 15) is 44.5 Å². The van der Waals surface area contributed by atoms with Gasteiger partial charge in [0, 0.05) is 62.2 Å². The molecule has 2 aliphatic heterocycles. The first kappa shape index (κ1) is 40.6. The second-order valence-corrected chi connectivity index (χ2v) is 12.9. The number of aromatic carboxylic acids is 1. The number of carbonyl (C=O) groups is 3. The fraction of sp³-hybridized carbons (Fsp3) is 0.548. The minimum Gasteiger partial charge on any atom is -0.477 e. The topological polar surface area (TPSA) is 331 Å². The Labute approximate surface area is 306 Å². The molecule has 1 aromatic carbocycles. The molecule has 1 aromatic heterocycles. The quantitative estimate of drug-likeness (QED) is 0.0281. The number of aryl methyl sites for hydroxylation is 1. The molecule has 4 rings (SSSR count). The zero-order valence-electron chi connectivity index (χ0n) is 29.4. The van der Waals surface area contributed by atoms with Crippen molar-refractivity contribution in [3.63, 3.8) is 0 Å². The van der Waals surface area contributed by atoms with Gasteiger partial charge in [-0.25, -0.2) is 44.2 Å². The van der Waals surface area contributed by atoms with Gasteiger partial charge in [0.25, 0.3) is 11.9 Å². The van der Waals surface area contributed by atoms with Crippen LogP contribution in [0.5, 0.6) is 0 Å². The molecule has 294 valence electrons. The van der Waals surface area contributed by atoms with Crippen molar-refractivity contribution in [1.82, 2.24) is 20.7 Å². The predicted molar refractivity (Wildman–Crippen MR) is 191 cm³/mol. The highest BCUT2D eigenvalue weighted by molar-refractivity contribution is 5.95. The normalized spacial score (nSPS) is 17.4. The molecule has 0 radical (unpaired) electrons. The lowest BCUT2D eigenvalue weighted by Crippen LogP contribution is -2.50. The first-order valence-corrected chi connectivity index (χ1v) is 17.1. The number of hydrogen-bond donors (Lipinski definition) is 7. The Kier molecular flexibility index (Phi) is 13.6. The molecule has 0 aliphatic carbocycles. The van der Waals surface area contributed by atoms with Crippen molar-refractivity contribution in [2.24, 2.45) is 27.2 Å². The average Bonchev–Trinajstić information content (AvgIpc) is 3.09. The molecule has 2 aromatic rings. The third-order valence-corrected chi connectivity index (χ3v) is 9.14. The number of ether oxygens (including phenoxy) is 1. The molecule has 3 atom stereocenters. The van der Waals surface area contributed by atoms with E-state index < -0.39 is 74.8 Å². The minimum absolute atomic E-state index is 0.0000565. The van der Waals surface area contributed by atoms with Crippen LogP contribution < -0.4 is 43.7 Å². The van der Waals surface area contributed by atoms with Crippen LogP contribution in [0.15, 0.2) is 27.0 Å². The Morgan fingerprint density at radius 1 is 1.06 bits per heavy atom. The van der Waals surface area contributed by atoms with Gasteiger partial charge < -0.3 is 41.8 Å². The number of anilines is 1. The molecule has 22 nitrogen and oxygen atoms in total. The number of nitro groups is 2. The zero-order chi connectivity index (χ0) is 39.7. The Hall–Kier alpha value is -6.13. The van der Waals surface area contributed by atoms with Gasteiger partial charge in [-0.1, -0.05) is 10.9 Å². The number of nitrogens with two attached hydrogens (primary N) is 3. The van der Waals surface area contributed by atoms with E-state index in [1.54, 1.807) is 15.4 Å². The van der Waals surface area contributed by atoms with Crippen LogP contribution in [-0.2, 0) is 20.7 Å². The van der Waals surface area contributed by atoms with Gasteiger partial charge in [-0.15, -0.1) is 0 Å². The van der Waals surface area contributed by atoms with Gasteiger partial charge in [-0.3, -0.25) is 9.59 Å². The fourth-order valence-electron chi connectivity index (χ4n) is 6.49. The molecule has 3 heterocycles. The van der Waals surface area contributed by atoms with E-state index in [0.29, 0.717) is 42.5 Å². The number of nitrogens with one attached hydrogen (secondary N) is 3. The standard InChI is InChI=1S/C31H43FN12O10/c1-16-6-7-18-24-19(26(45)20(28(47)48)15-42(16)24)14-21(32)25(18)41-12-8-17(9-13-41)54-29(49)23(5-3-11-37-31(35)40-44(52)53)38-27(46)22(33)4-2-10-36-30(34)39-43(50)51/h14-17,22-23H,2-13,33H2,1H3,(H,38,46)(H,47,48)(H3,34,36,39)(H3,35,37,40)/t16-,22-,23-/m0/s1. The largest absolute Gasteiger partial charge is 0.477 e. The van der Waals surface area contributed by atoms with Crippen molar-refractivity contribution in [3.8, 4) is 0 Å². The number of aromatic nitrogens is 1. The van der Waals surface area contributed by atoms with Crippen molar-refractivity contribution < 1.29 is 38.7 Å². The van der Waals surface area contributed by atoms with E-state index in [4.69, 9.17) is 21.9 Å². The maximum absolute atomic E-state index is 15.8. The molecule has 1 fully saturated rings. The number of piperidine rings is 1. The summed E-state index contributed by atoms with van der Waals surface area (Å²) in [5, 5.41) is 31.4. The summed E-state index contributed by atoms with van der Waals surface area (Å²) in [6.45, 7) is 2.46. The molecule has 23 heteroatoms. The number of hydrogen-bond acceptors (Lipinski definition) is 13. The van der Waals surface area contributed by atoms with Crippen molar-refractivity contribution in [2.45, 2.75) is 82.5 Å². The highest BCUT2D eigenvalue weighted by Crippen LogP contribution is 2.39. The lowest BCUT2D eigenvalue weighted by molar-refractivity contribution is -0.525. The number of nitrogens with zero attached hydrogens (tertiary/aromatic N) is 6. The molecule has 54 heavy (non-hydrogen) atoms. The lowest BCUT2D eigenvalue weighted by atomic mass is 9.93. The highest BCUT2D eigenvalue weighted by Gasteiger charge is 2.33. The number of halogens is 1. The second-order valence-electron chi connectivity index (χ2n) is 12.9. The van der Waals surface area contributed by atoms with Crippen LogP contribution in [0.4, 0.5) is 10.1 Å². The van der Waals surface area contributed by atoms with Gasteiger partial charge in [-0.05, 0) is 51.5 Å². The van der Waals surface area contributed by atoms with Gasteiger partial charge in [0.15, 0.2) is 10.1 Å². The summed E-state index contributed by atoms with van der Waals surface area (Å²) in [5.74, 6) is -4.37. The van der Waals surface area contributed by atoms with E-state index in [-0.39, 0.29) is 63.3 Å². The number of amides is 1. The Morgan fingerprint density at radius 2 is 1.65 bits per heavy atom. The summed E-state index contributed by atoms with van der Waals surface area (Å²) in [4.78, 5) is 81.5. The van der Waals surface area contributed by atoms with E-state index >= 15 is 4.39 Å². The number of aliphatic imine (C=N–C) groups is 2. The first-order chi connectivity index (χ1) is 25.6. The van der Waals surface area contributed by atoms with Gasteiger partial charge in [0.05, 0.1) is 17.2 Å². The summed E-state index contributed by atoms with van der Waals surface area (Å²) < 4.78 is 23.3. The van der Waals surface area contributed by atoms with Crippen molar-refractivity contribution in [1.29, 1.82) is 0 Å². The number of hydrazine groups is 2. The molecule has 0 saturated carbocycles. The SMILES string of the molecule is C[C@H]1CCc2c(N3CCC(OC(=O)[C@H](CCCN=C(N)N[N+](=O)[O-])NC(=O)[C@@H](N)CCCN=C(N)N[N+](=O)[O-])CC3)c(F)cc3c(=O)c(C(=O)O)cn1c23. The van der Waals surface area contributed by atoms with Crippen molar-refractivity contribution >= 4 is 46.4 Å². The van der Waals surface area contributed by atoms with Crippen molar-refractivity contribution in [2.75, 3.05) is 31.1 Å². The average molecular weight is 763 g/mol. The molecule has 2 aliphatic rings. The number of benzene rings is 1. The van der Waals surface area contributed by atoms with Crippen molar-refractivity contribution in [3.05, 3.63) is 59.7 Å². The van der Waals surface area contributed by atoms with Gasteiger partial charge in [0.1, 0.15) is 23.5 Å². The summed E-state index contributed by atoms with van der Waals surface area (Å²) in [5.41, 5.74) is 20.4. The summed E-state index contributed by atoms with van der Waals surface area (Å²) >= 11 is 0. The van der Waals surface area contributed by atoms with E-state index in [1.165, 1.54) is 6.20 Å². The third kappa shape index (κ3) is 10.3. The number of esters is 1. The van der Waals surface area contributed by atoms with E-state index in [2.05, 4.69) is 15.3 Å². The lowest BCUT2D eigenvalue weighted by Gasteiger charge is -2.37. The van der Waals surface area contributed by atoms with Crippen LogP contribution in [0.2, 0.25) is 0 Å². The van der Waals surface area contributed by atoms with Gasteiger partial charge in [0.2, 0.25) is 11.3 Å². The number of carbonyl (C=O) groups excluding carboxylic acids is 2. The van der Waals surface area contributed by atoms with Gasteiger partial charge >= 0.3 is 11.9 Å². The Balaban J connectivity index is 1.43. The smallest absolute Gasteiger partial charge is 0.341 e. The fourth-order valence-corrected chi connectivity index (χ4v) is 6.49. The summed E-state index contributed by atoms with van der Waals surface area (Å²) in [6.07, 6.45) is 2.86. The minimum atomic E-state index is -1.39. The molecule has 1 amide bonds. The molecule has 0 bridgehead atoms. The molecule has 0 spiro atoms. The molecular formula is C31H43FN12O10. The zero-order valence-corrected chi connectivity index (χ0v) is 29.4. The summed E-state index contributed by atoms with van der Waals surface area (Å²) in [6, 6.07) is -1.31. The van der Waals surface area contributed by atoms with Crippen LogP contribution in [0, 0.1) is 26.0 Å². The van der Waals surface area contributed by atoms with E-state index in [1.807, 2.05) is 11.8 Å². The number of carboxylic acids is 1. The van der Waals surface area contributed by atoms with Crippen LogP contribution in [0.3, 0.4) is 0 Å². The molecular weight excluding hydrogens is 719 g/mol. The monoisotopic (exact) mass is 762 g/mol. The number of guanidine groups is 2. The molecule has 0 unspecified atom stereocenters. The first-order valence-electron chi connectivity index (χ1n) is 17.1. The van der Waals surface area contributed by atoms with Gasteiger partial charge in [-0.2, -0.15) is 0 Å². The van der Waals surface area contributed by atoms with E-state index in [0.717, 1.165) is 6.07 Å². The highest BCUT2D eigenvalue weighted by atomic mass is 19.1. The maximum atomic E-state index is 15.8. The number of pyridine rings is 1. The van der Waals surface area contributed by atoms with Crippen LogP contribution >= 0.6 is 0 Å². The maximum Gasteiger partial charge on any atom is 0.341 e. The Morgan fingerprint density at radius 3 is 2.22 bits per heavy atom. The number of rotatable bonds is 16. The predicted octanol–water partition coefficient (Wildman–Crippen LogP) is -0.577. The van der Waals surface area contributed by atoms with Crippen LogP contribution in [0.1, 0.15) is 73.8 Å². The van der Waals surface area contributed by atoms with Crippen LogP contribution in [0.25, 0.3) is 10.9 Å². The Bertz CT molecular complexity index is 1900. The van der Waals surface area contributed by atoms with Crippen LogP contribution in [-0.4, -0.2) is 93.9 Å². The number of carboxylic acid groups (broad SMARTS) is 1. The third-order valence-electron chi connectivity index (χ3n) is 9.14. The second kappa shape index (κ2) is 18.1. The molecule has 10 N–H and O–H groups in total. The molecule has 1 saturated heterocycles. The summed E-state index contributed by atoms with van der Waals surface area (Å²) in [7, 11) is 0.